The van der Waals surface area contributed by atoms with Gasteiger partial charge in [0.2, 0.25) is 0 Å². The number of halogens is 2. The van der Waals surface area contributed by atoms with Crippen molar-refractivity contribution in [3.8, 4) is 0 Å². The van der Waals surface area contributed by atoms with Crippen molar-refractivity contribution in [3.05, 3.63) is 71.8 Å². The van der Waals surface area contributed by atoms with Crippen molar-refractivity contribution in [1.82, 2.24) is 15.5 Å². The van der Waals surface area contributed by atoms with E-state index in [0.717, 1.165) is 22.0 Å². The van der Waals surface area contributed by atoms with E-state index >= 15 is 0 Å². The highest BCUT2D eigenvalue weighted by Gasteiger charge is 2.19. The summed E-state index contributed by atoms with van der Waals surface area (Å²) in [5.74, 6) is -2.62. The lowest BCUT2D eigenvalue weighted by Gasteiger charge is -2.07. The Morgan fingerprint density at radius 1 is 0.938 bits per heavy atom. The molecule has 0 aliphatic heterocycles. The van der Waals surface area contributed by atoms with Gasteiger partial charge in [-0.1, -0.05) is 18.2 Å². The van der Waals surface area contributed by atoms with Crippen LogP contribution in [-0.2, 0) is 22.4 Å². The number of aliphatic carboxylic acids is 2. The molecule has 0 aliphatic rings. The summed E-state index contributed by atoms with van der Waals surface area (Å²) in [5, 5.41) is 19.0. The molecule has 0 fully saturated rings. The van der Waals surface area contributed by atoms with Gasteiger partial charge in [-0.3, -0.25) is 9.59 Å². The minimum atomic E-state index is -1.21. The molecule has 2 unspecified atom stereocenters. The molecule has 10 heteroatoms. The van der Waals surface area contributed by atoms with Crippen molar-refractivity contribution in [2.24, 2.45) is 5.73 Å². The first-order chi connectivity index (χ1) is 15.3. The third kappa shape index (κ3) is 5.29. The first kappa shape index (κ1) is 22.9. The van der Waals surface area contributed by atoms with Crippen LogP contribution in [0.4, 0.5) is 8.87 Å². The number of aromatic nitrogens is 2. The second kappa shape index (κ2) is 10.0. The van der Waals surface area contributed by atoms with E-state index in [1.165, 1.54) is 17.7 Å². The Morgan fingerprint density at radius 3 is 2.19 bits per heavy atom. The van der Waals surface area contributed by atoms with Crippen molar-refractivity contribution >= 4 is 33.7 Å². The zero-order valence-electron chi connectivity index (χ0n) is 16.8. The first-order valence-electron chi connectivity index (χ1n) is 9.68. The second-order valence-corrected chi connectivity index (χ2v) is 7.22. The number of carboxylic acid groups (broad SMARTS) is 2. The number of aromatic amines is 2. The van der Waals surface area contributed by atoms with Gasteiger partial charge in [0.15, 0.2) is 0 Å². The summed E-state index contributed by atoms with van der Waals surface area (Å²) in [6, 6.07) is 9.65. The van der Waals surface area contributed by atoms with E-state index in [4.69, 9.17) is 15.9 Å². The zero-order valence-corrected chi connectivity index (χ0v) is 16.8. The molecule has 2 atom stereocenters. The molecule has 4 aromatic rings. The van der Waals surface area contributed by atoms with Crippen LogP contribution in [0.3, 0.4) is 0 Å². The SMILES string of the molecule is NC(Cc1c[nH]c2ccc(F)cc12)C(=O)O.O=C(O)C(Cc1c[nH]c2ccccc12)NF. The number of rotatable bonds is 7. The van der Waals surface area contributed by atoms with Gasteiger partial charge in [-0.25, -0.2) is 4.39 Å². The Labute approximate surface area is 181 Å². The fourth-order valence-corrected chi connectivity index (χ4v) is 3.34. The summed E-state index contributed by atoms with van der Waals surface area (Å²) < 4.78 is 25.3. The molecule has 168 valence electrons. The number of fused-ring (bicyclic) bond motifs is 2. The molecule has 0 bridgehead atoms. The van der Waals surface area contributed by atoms with E-state index in [1.807, 2.05) is 24.3 Å². The number of hydrogen-bond donors (Lipinski definition) is 6. The predicted molar refractivity (Wildman–Crippen MR) is 115 cm³/mol. The lowest BCUT2D eigenvalue weighted by molar-refractivity contribution is -0.141. The van der Waals surface area contributed by atoms with Gasteiger partial charge in [0.05, 0.1) is 0 Å². The molecule has 0 saturated heterocycles. The van der Waals surface area contributed by atoms with E-state index < -0.39 is 24.0 Å². The Balaban J connectivity index is 0.000000181. The van der Waals surface area contributed by atoms with Gasteiger partial charge in [-0.2, -0.15) is 0 Å². The summed E-state index contributed by atoms with van der Waals surface area (Å²) in [7, 11) is 0. The molecule has 2 aromatic heterocycles. The van der Waals surface area contributed by atoms with Crippen LogP contribution in [-0.4, -0.2) is 44.2 Å². The average Bonchev–Trinajstić information content (AvgIpc) is 3.36. The molecule has 8 nitrogen and oxygen atoms in total. The van der Waals surface area contributed by atoms with E-state index in [0.29, 0.717) is 10.9 Å². The van der Waals surface area contributed by atoms with Crippen LogP contribution in [0, 0.1) is 5.82 Å². The Bertz CT molecular complexity index is 1240. The Morgan fingerprint density at radius 2 is 1.56 bits per heavy atom. The monoisotopic (exact) mass is 444 g/mol. The van der Waals surface area contributed by atoms with Crippen molar-refractivity contribution in [2.75, 3.05) is 0 Å². The molecule has 4 rings (SSSR count). The summed E-state index contributed by atoms with van der Waals surface area (Å²) >= 11 is 0. The minimum Gasteiger partial charge on any atom is -0.480 e. The van der Waals surface area contributed by atoms with Crippen LogP contribution < -0.4 is 11.3 Å². The van der Waals surface area contributed by atoms with Crippen molar-refractivity contribution < 1.29 is 28.7 Å². The number of nitrogens with two attached hydrogens (primary N) is 1. The summed E-state index contributed by atoms with van der Waals surface area (Å²) in [5.41, 5.74) is 9.91. The van der Waals surface area contributed by atoms with Crippen LogP contribution in [0.1, 0.15) is 11.1 Å². The smallest absolute Gasteiger partial charge is 0.323 e. The zero-order chi connectivity index (χ0) is 23.3. The maximum absolute atomic E-state index is 13.0. The van der Waals surface area contributed by atoms with Crippen LogP contribution in [0.5, 0.6) is 0 Å². The molecule has 32 heavy (non-hydrogen) atoms. The standard InChI is InChI=1S/2C11H11FN2O2/c12-7-1-2-10-8(4-7)6(5-14-10)3-9(13)11(15)16;12-14-10(11(15)16)5-7-6-13-9-4-2-1-3-8(7)9/h1-2,4-5,9,14H,3,13H2,(H,15,16);1-4,6,10,13-14H,5H2,(H,15,16). The molecule has 0 saturated carbocycles. The van der Waals surface area contributed by atoms with Gasteiger partial charge in [0.25, 0.3) is 0 Å². The van der Waals surface area contributed by atoms with Crippen LogP contribution in [0.25, 0.3) is 21.8 Å². The van der Waals surface area contributed by atoms with E-state index in [-0.39, 0.29) is 18.7 Å². The lowest BCUT2D eigenvalue weighted by Crippen LogP contribution is -2.33. The van der Waals surface area contributed by atoms with E-state index in [1.54, 1.807) is 18.5 Å². The van der Waals surface area contributed by atoms with E-state index in [2.05, 4.69) is 9.97 Å². The van der Waals surface area contributed by atoms with Gasteiger partial charge in [-0.05, 0) is 35.4 Å². The van der Waals surface area contributed by atoms with Gasteiger partial charge in [0, 0.05) is 47.0 Å². The largest absolute Gasteiger partial charge is 0.480 e. The molecule has 0 aliphatic carbocycles. The number of hydrogen-bond acceptors (Lipinski definition) is 4. The van der Waals surface area contributed by atoms with Crippen LogP contribution >= 0.6 is 0 Å². The molecule has 7 N–H and O–H groups in total. The van der Waals surface area contributed by atoms with Gasteiger partial charge in [0.1, 0.15) is 17.9 Å². The molecule has 0 spiro atoms. The van der Waals surface area contributed by atoms with Gasteiger partial charge >= 0.3 is 11.9 Å². The molecule has 2 heterocycles. The highest BCUT2D eigenvalue weighted by Crippen LogP contribution is 2.21. The summed E-state index contributed by atoms with van der Waals surface area (Å²) in [6.07, 6.45) is 3.65. The molecular formula is C22H22F2N4O4. The summed E-state index contributed by atoms with van der Waals surface area (Å²) in [4.78, 5) is 27.3. The number of carboxylic acids is 2. The van der Waals surface area contributed by atoms with Crippen molar-refractivity contribution in [3.63, 3.8) is 0 Å². The maximum Gasteiger partial charge on any atom is 0.323 e. The lowest BCUT2D eigenvalue weighted by atomic mass is 10.1. The van der Waals surface area contributed by atoms with Gasteiger partial charge < -0.3 is 25.9 Å². The average molecular weight is 444 g/mol. The maximum atomic E-state index is 13.0. The number of H-pyrrole nitrogens is 2. The quantitative estimate of drug-likeness (QED) is 0.242. The topological polar surface area (TPSA) is 144 Å². The van der Waals surface area contributed by atoms with Gasteiger partial charge in [-0.15, -0.1) is 10.0 Å². The number of carbonyl (C=O) groups is 2. The highest BCUT2D eigenvalue weighted by molar-refractivity contribution is 5.85. The third-order valence-electron chi connectivity index (χ3n) is 5.02. The van der Waals surface area contributed by atoms with E-state index in [9.17, 15) is 18.5 Å². The number of benzene rings is 2. The molecule has 0 radical (unpaired) electrons. The fraction of sp³-hybridized carbons (Fsp3) is 0.182. The Hall–Kier alpha value is -3.76. The predicted octanol–water partition coefficient (Wildman–Crippen LogP) is 2.90. The number of para-hydroxylation sites is 1. The first-order valence-corrected chi connectivity index (χ1v) is 9.68. The normalized spacial score (nSPS) is 12.8. The van der Waals surface area contributed by atoms with Crippen LogP contribution in [0.15, 0.2) is 54.9 Å². The van der Waals surface area contributed by atoms with Crippen molar-refractivity contribution in [1.29, 1.82) is 0 Å². The Kier molecular flexibility index (Phi) is 7.18. The fourth-order valence-electron chi connectivity index (χ4n) is 3.34. The molecule has 0 amide bonds. The molecular weight excluding hydrogens is 422 g/mol. The highest BCUT2D eigenvalue weighted by atomic mass is 19.2. The minimum absolute atomic E-state index is 0.107. The third-order valence-corrected chi connectivity index (χ3v) is 5.02. The second-order valence-electron chi connectivity index (χ2n) is 7.22. The number of nitrogens with one attached hydrogen (secondary N) is 3. The summed E-state index contributed by atoms with van der Waals surface area (Å²) in [6.45, 7) is 0. The molecule has 2 aromatic carbocycles. The van der Waals surface area contributed by atoms with Crippen LogP contribution in [0.2, 0.25) is 0 Å². The van der Waals surface area contributed by atoms with Crippen molar-refractivity contribution in [2.45, 2.75) is 24.9 Å².